The Morgan fingerprint density at radius 1 is 0.266 bits per heavy atom. The van der Waals surface area contributed by atoms with Crippen LogP contribution in [0.25, 0.3) is 0 Å². The lowest BCUT2D eigenvalue weighted by molar-refractivity contribution is -0.167. The van der Waals surface area contributed by atoms with Crippen molar-refractivity contribution in [1.82, 2.24) is 0 Å². The summed E-state index contributed by atoms with van der Waals surface area (Å²) in [4.78, 5) is 38.1. The summed E-state index contributed by atoms with van der Waals surface area (Å²) in [5.41, 5.74) is 0. The highest BCUT2D eigenvalue weighted by molar-refractivity contribution is 5.71. The first-order chi connectivity index (χ1) is 31.1. The van der Waals surface area contributed by atoms with Gasteiger partial charge < -0.3 is 14.2 Å². The largest absolute Gasteiger partial charge is 0.462 e. The fourth-order valence-electron chi connectivity index (χ4n) is 8.82. The maximum atomic E-state index is 12.8. The third-order valence-corrected chi connectivity index (χ3v) is 13.1. The number of hydrogen-bond donors (Lipinski definition) is 0. The summed E-state index contributed by atoms with van der Waals surface area (Å²) in [7, 11) is 0. The Hall–Kier alpha value is -1.59. The van der Waals surface area contributed by atoms with Gasteiger partial charge in [0.1, 0.15) is 13.2 Å². The normalized spacial score (nSPS) is 12.1. The summed E-state index contributed by atoms with van der Waals surface area (Å²) in [6.07, 6.45) is 51.0. The third-order valence-electron chi connectivity index (χ3n) is 13.1. The van der Waals surface area contributed by atoms with Crippen LogP contribution in [0.4, 0.5) is 0 Å². The van der Waals surface area contributed by atoms with E-state index < -0.39 is 6.10 Å². The van der Waals surface area contributed by atoms with Crippen molar-refractivity contribution in [2.45, 2.75) is 324 Å². The molecule has 6 nitrogen and oxygen atoms in total. The van der Waals surface area contributed by atoms with Gasteiger partial charge >= 0.3 is 17.9 Å². The molecule has 0 aromatic heterocycles. The summed E-state index contributed by atoms with van der Waals surface area (Å²) in [6.45, 7) is 13.7. The molecule has 0 aromatic carbocycles. The van der Waals surface area contributed by atoms with E-state index in [9.17, 15) is 14.4 Å². The number of hydrogen-bond acceptors (Lipinski definition) is 6. The third kappa shape index (κ3) is 51.4. The topological polar surface area (TPSA) is 78.9 Å². The maximum Gasteiger partial charge on any atom is 0.306 e. The molecule has 0 aliphatic carbocycles. The number of rotatable bonds is 51. The van der Waals surface area contributed by atoms with Crippen molar-refractivity contribution in [3.63, 3.8) is 0 Å². The van der Waals surface area contributed by atoms with Crippen LogP contribution in [0.15, 0.2) is 0 Å². The maximum absolute atomic E-state index is 12.8. The molecule has 0 N–H and O–H groups in total. The molecule has 0 saturated heterocycles. The van der Waals surface area contributed by atoms with E-state index in [0.717, 1.165) is 75.5 Å². The first-order valence-corrected chi connectivity index (χ1v) is 28.6. The molecular formula is C58H112O6. The molecule has 0 fully saturated rings. The van der Waals surface area contributed by atoms with Gasteiger partial charge in [0.15, 0.2) is 6.10 Å². The van der Waals surface area contributed by atoms with E-state index in [1.165, 1.54) is 199 Å². The molecule has 0 unspecified atom stereocenters. The van der Waals surface area contributed by atoms with Gasteiger partial charge in [0.2, 0.25) is 0 Å². The summed E-state index contributed by atoms with van der Waals surface area (Å²) in [6, 6.07) is 0. The van der Waals surface area contributed by atoms with E-state index in [0.29, 0.717) is 19.3 Å². The average molecular weight is 906 g/mol. The molecule has 0 heterocycles. The Kier molecular flexibility index (Phi) is 48.1. The van der Waals surface area contributed by atoms with E-state index in [2.05, 4.69) is 41.5 Å². The van der Waals surface area contributed by atoms with Gasteiger partial charge in [-0.25, -0.2) is 0 Å². The minimum absolute atomic E-state index is 0.0640. The minimum atomic E-state index is -0.763. The van der Waals surface area contributed by atoms with Crippen LogP contribution < -0.4 is 0 Å². The van der Waals surface area contributed by atoms with Crippen LogP contribution in [-0.2, 0) is 28.6 Å². The van der Waals surface area contributed by atoms with Gasteiger partial charge in [-0.2, -0.15) is 0 Å². The second-order valence-electron chi connectivity index (χ2n) is 21.4. The molecule has 6 heteroatoms. The zero-order valence-electron chi connectivity index (χ0n) is 44.1. The van der Waals surface area contributed by atoms with Gasteiger partial charge in [-0.05, 0) is 37.0 Å². The summed E-state index contributed by atoms with van der Waals surface area (Å²) in [5.74, 6) is 1.64. The van der Waals surface area contributed by atoms with E-state index in [1.807, 2.05) is 0 Å². The number of carbonyl (C=O) groups excluding carboxylic acids is 3. The predicted molar refractivity (Wildman–Crippen MR) is 275 cm³/mol. The summed E-state index contributed by atoms with van der Waals surface area (Å²) < 4.78 is 16.9. The van der Waals surface area contributed by atoms with Crippen molar-refractivity contribution in [3.05, 3.63) is 0 Å². The number of unbranched alkanes of at least 4 members (excludes halogenated alkanes) is 34. The zero-order valence-corrected chi connectivity index (χ0v) is 44.1. The van der Waals surface area contributed by atoms with Gasteiger partial charge in [0, 0.05) is 19.3 Å². The van der Waals surface area contributed by atoms with Crippen LogP contribution in [0.5, 0.6) is 0 Å². The molecule has 0 saturated carbocycles. The van der Waals surface area contributed by atoms with Crippen molar-refractivity contribution in [3.8, 4) is 0 Å². The Balaban J connectivity index is 4.23. The molecule has 0 aliphatic heterocycles. The lowest BCUT2D eigenvalue weighted by Gasteiger charge is -2.18. The predicted octanol–water partition coefficient (Wildman–Crippen LogP) is 18.7. The minimum Gasteiger partial charge on any atom is -0.462 e. The Labute approximate surface area is 399 Å². The molecule has 64 heavy (non-hydrogen) atoms. The molecular weight excluding hydrogens is 793 g/mol. The van der Waals surface area contributed by atoms with Crippen LogP contribution in [0.2, 0.25) is 0 Å². The van der Waals surface area contributed by atoms with Gasteiger partial charge in [-0.1, -0.05) is 279 Å². The van der Waals surface area contributed by atoms with Crippen LogP contribution >= 0.6 is 0 Å². The molecule has 0 spiro atoms. The molecule has 0 rings (SSSR count). The molecule has 0 bridgehead atoms. The highest BCUT2D eigenvalue weighted by Crippen LogP contribution is 2.18. The van der Waals surface area contributed by atoms with Crippen LogP contribution in [0.3, 0.4) is 0 Å². The first-order valence-electron chi connectivity index (χ1n) is 28.6. The smallest absolute Gasteiger partial charge is 0.306 e. The lowest BCUT2D eigenvalue weighted by atomic mass is 10.0. The number of carbonyl (C=O) groups is 3. The van der Waals surface area contributed by atoms with E-state index in [-0.39, 0.29) is 31.1 Å². The van der Waals surface area contributed by atoms with Crippen LogP contribution in [0, 0.1) is 17.8 Å². The molecule has 0 radical (unpaired) electrons. The second kappa shape index (κ2) is 49.3. The fraction of sp³-hybridized carbons (Fsp3) is 0.948. The van der Waals surface area contributed by atoms with Gasteiger partial charge in [-0.3, -0.25) is 14.4 Å². The number of esters is 3. The monoisotopic (exact) mass is 905 g/mol. The standard InChI is InChI=1S/C58H112O6/c1-52(2)44-38-32-26-20-15-13-11-9-7-8-10-12-14-16-23-29-35-41-47-56(59)62-50-55(51-63-57(60)48-42-36-30-25-19-22-28-34-40-46-54(5)6)64-58(61)49-43-37-31-24-18-17-21-27-33-39-45-53(3)4/h52-55H,7-51H2,1-6H3/t55-/m0/s1. The van der Waals surface area contributed by atoms with Crippen molar-refractivity contribution < 1.29 is 28.6 Å². The fourth-order valence-corrected chi connectivity index (χ4v) is 8.82. The van der Waals surface area contributed by atoms with Crippen molar-refractivity contribution in [2.75, 3.05) is 13.2 Å². The first kappa shape index (κ1) is 62.4. The van der Waals surface area contributed by atoms with Gasteiger partial charge in [-0.15, -0.1) is 0 Å². The van der Waals surface area contributed by atoms with Crippen LogP contribution in [0.1, 0.15) is 318 Å². The summed E-state index contributed by atoms with van der Waals surface area (Å²) in [5, 5.41) is 0. The quantitative estimate of drug-likeness (QED) is 0.0344. The highest BCUT2D eigenvalue weighted by atomic mass is 16.6. The summed E-state index contributed by atoms with van der Waals surface area (Å²) >= 11 is 0. The van der Waals surface area contributed by atoms with Crippen LogP contribution in [-0.4, -0.2) is 37.2 Å². The van der Waals surface area contributed by atoms with Crippen molar-refractivity contribution in [2.24, 2.45) is 17.8 Å². The molecule has 1 atom stereocenters. The zero-order chi connectivity index (χ0) is 47.0. The lowest BCUT2D eigenvalue weighted by Crippen LogP contribution is -2.30. The molecule has 0 aromatic rings. The Morgan fingerprint density at radius 2 is 0.453 bits per heavy atom. The molecule has 380 valence electrons. The van der Waals surface area contributed by atoms with Crippen molar-refractivity contribution in [1.29, 1.82) is 0 Å². The molecule has 0 aliphatic rings. The number of ether oxygens (including phenoxy) is 3. The SMILES string of the molecule is CC(C)CCCCCCCCCCCCCCCCCCCCC(=O)OC[C@@H](COC(=O)CCCCCCCCCCCC(C)C)OC(=O)CCCCCCCCCCCCC(C)C. The Morgan fingerprint density at radius 3 is 0.672 bits per heavy atom. The van der Waals surface area contributed by atoms with Gasteiger partial charge in [0.25, 0.3) is 0 Å². The van der Waals surface area contributed by atoms with Crippen molar-refractivity contribution >= 4 is 17.9 Å². The van der Waals surface area contributed by atoms with E-state index in [4.69, 9.17) is 14.2 Å². The van der Waals surface area contributed by atoms with E-state index in [1.54, 1.807) is 0 Å². The average Bonchev–Trinajstić information content (AvgIpc) is 3.25. The second-order valence-corrected chi connectivity index (χ2v) is 21.4. The Bertz CT molecular complexity index is 991. The van der Waals surface area contributed by atoms with Gasteiger partial charge in [0.05, 0.1) is 0 Å². The molecule has 0 amide bonds. The highest BCUT2D eigenvalue weighted by Gasteiger charge is 2.19. The van der Waals surface area contributed by atoms with E-state index >= 15 is 0 Å².